The van der Waals surface area contributed by atoms with E-state index in [1.165, 1.54) is 0 Å². The van der Waals surface area contributed by atoms with Gasteiger partial charge in [-0.3, -0.25) is 0 Å². The maximum atomic E-state index is 5.90. The molecule has 0 aromatic rings. The lowest BCUT2D eigenvalue weighted by molar-refractivity contribution is 1.32. The van der Waals surface area contributed by atoms with Crippen LogP contribution in [0, 0.1) is 0 Å². The molecule has 0 saturated heterocycles. The summed E-state index contributed by atoms with van der Waals surface area (Å²) in [5.74, 6) is 0. The molecule has 1 atom stereocenters. The van der Waals surface area contributed by atoms with E-state index in [4.69, 9.17) is 23.2 Å². The summed E-state index contributed by atoms with van der Waals surface area (Å²) in [4.78, 5) is 0. The van der Waals surface area contributed by atoms with Crippen LogP contribution < -0.4 is 6.15 Å². The zero-order chi connectivity index (χ0) is 6.43. The molecule has 0 amide bonds. The standard InChI is InChI=1S/C7H4Cl2.H3N/c8-6-3-4-1-2-5(6)7(4)9;/h1-3,7H;1H3. The summed E-state index contributed by atoms with van der Waals surface area (Å²) < 4.78 is 0. The Kier molecular flexibility index (Phi) is 1.90. The largest absolute Gasteiger partial charge is 0.344 e. The first-order valence-electron chi connectivity index (χ1n) is 2.72. The quantitative estimate of drug-likeness (QED) is 0.565. The lowest BCUT2D eigenvalue weighted by atomic mass is 10.3. The number of hydrogen-bond acceptors (Lipinski definition) is 1. The van der Waals surface area contributed by atoms with Crippen molar-refractivity contribution in [3.8, 4) is 0 Å². The molecule has 0 radical (unpaired) electrons. The Labute approximate surface area is 69.6 Å². The van der Waals surface area contributed by atoms with Gasteiger partial charge in [-0.05, 0) is 17.2 Å². The maximum absolute atomic E-state index is 5.90. The number of alkyl halides is 1. The van der Waals surface area contributed by atoms with Gasteiger partial charge in [0.1, 0.15) is 0 Å². The Balaban J connectivity index is 0.000000500. The molecule has 2 bridgehead atoms. The van der Waals surface area contributed by atoms with E-state index < -0.39 is 0 Å². The summed E-state index contributed by atoms with van der Waals surface area (Å²) in [7, 11) is 0. The Hall–Kier alpha value is -0.240. The summed E-state index contributed by atoms with van der Waals surface area (Å²) >= 11 is 11.7. The molecule has 0 spiro atoms. The highest BCUT2D eigenvalue weighted by Gasteiger charge is 2.26. The molecule has 3 N–H and O–H groups in total. The van der Waals surface area contributed by atoms with Gasteiger partial charge in [0.25, 0.3) is 0 Å². The normalized spacial score (nSPS) is 27.0. The van der Waals surface area contributed by atoms with Crippen molar-refractivity contribution in [1.29, 1.82) is 0 Å². The fraction of sp³-hybridized carbons (Fsp3) is 0.143. The SMILES string of the molecule is ClC1=C2C=CC(=C1)C2Cl.N. The van der Waals surface area contributed by atoms with E-state index in [0.29, 0.717) is 0 Å². The summed E-state index contributed by atoms with van der Waals surface area (Å²) in [5, 5.41) is 0.838. The van der Waals surface area contributed by atoms with Gasteiger partial charge in [-0.15, -0.1) is 11.6 Å². The molecule has 2 aliphatic rings. The molecule has 1 unspecified atom stereocenters. The van der Waals surface area contributed by atoms with Crippen molar-refractivity contribution in [1.82, 2.24) is 6.15 Å². The van der Waals surface area contributed by atoms with Gasteiger partial charge in [0.2, 0.25) is 0 Å². The predicted octanol–water partition coefficient (Wildman–Crippen LogP) is 2.76. The van der Waals surface area contributed by atoms with E-state index in [1.807, 2.05) is 18.2 Å². The highest BCUT2D eigenvalue weighted by atomic mass is 35.5. The van der Waals surface area contributed by atoms with Gasteiger partial charge in [-0.25, -0.2) is 0 Å². The molecule has 0 aromatic carbocycles. The topological polar surface area (TPSA) is 35.0 Å². The van der Waals surface area contributed by atoms with Crippen LogP contribution in [-0.2, 0) is 0 Å². The van der Waals surface area contributed by atoms with Crippen molar-refractivity contribution in [2.24, 2.45) is 0 Å². The lowest BCUT2D eigenvalue weighted by Crippen LogP contribution is -1.90. The minimum atomic E-state index is 0. The maximum Gasteiger partial charge on any atom is 0.0850 e. The Morgan fingerprint density at radius 1 is 1.30 bits per heavy atom. The highest BCUT2D eigenvalue weighted by Crippen LogP contribution is 2.38. The van der Waals surface area contributed by atoms with Crippen molar-refractivity contribution in [3.05, 3.63) is 34.4 Å². The van der Waals surface area contributed by atoms with Gasteiger partial charge in [-0.2, -0.15) is 0 Å². The van der Waals surface area contributed by atoms with Crippen LogP contribution in [0.2, 0.25) is 0 Å². The number of fused-ring (bicyclic) bond motifs is 2. The van der Waals surface area contributed by atoms with Crippen LogP contribution in [0.3, 0.4) is 0 Å². The second-order valence-electron chi connectivity index (χ2n) is 2.14. The third-order valence-corrected chi connectivity index (χ3v) is 2.40. The first-order chi connectivity index (χ1) is 4.29. The Morgan fingerprint density at radius 3 is 2.20 bits per heavy atom. The van der Waals surface area contributed by atoms with Crippen LogP contribution in [0.25, 0.3) is 0 Å². The minimum absolute atomic E-state index is 0. The average molecular weight is 176 g/mol. The Bertz CT molecular complexity index is 250. The van der Waals surface area contributed by atoms with E-state index >= 15 is 0 Å². The summed E-state index contributed by atoms with van der Waals surface area (Å²) in [6.45, 7) is 0. The summed E-state index contributed by atoms with van der Waals surface area (Å²) in [6, 6.07) is 0. The average Bonchev–Trinajstić information content (AvgIpc) is 2.25. The third kappa shape index (κ3) is 0.823. The van der Waals surface area contributed by atoms with Crippen molar-refractivity contribution < 1.29 is 0 Å². The highest BCUT2D eigenvalue weighted by molar-refractivity contribution is 6.35. The van der Waals surface area contributed by atoms with Gasteiger partial charge in [0.15, 0.2) is 0 Å². The van der Waals surface area contributed by atoms with Crippen LogP contribution in [0.4, 0.5) is 0 Å². The van der Waals surface area contributed by atoms with Gasteiger partial charge < -0.3 is 6.15 Å². The van der Waals surface area contributed by atoms with E-state index in [0.717, 1.165) is 16.2 Å². The molecule has 10 heavy (non-hydrogen) atoms. The van der Waals surface area contributed by atoms with Crippen LogP contribution in [-0.4, -0.2) is 5.38 Å². The predicted molar refractivity (Wildman–Crippen MR) is 44.8 cm³/mol. The second-order valence-corrected chi connectivity index (χ2v) is 2.99. The van der Waals surface area contributed by atoms with Gasteiger partial charge in [0.05, 0.1) is 5.38 Å². The summed E-state index contributed by atoms with van der Waals surface area (Å²) in [6.07, 6.45) is 5.88. The molecule has 0 fully saturated rings. The van der Waals surface area contributed by atoms with E-state index in [-0.39, 0.29) is 11.5 Å². The molecule has 0 saturated carbocycles. The van der Waals surface area contributed by atoms with Crippen LogP contribution in [0.15, 0.2) is 34.4 Å². The van der Waals surface area contributed by atoms with Crippen LogP contribution >= 0.6 is 23.2 Å². The molecular weight excluding hydrogens is 169 g/mol. The van der Waals surface area contributed by atoms with Crippen molar-refractivity contribution in [2.45, 2.75) is 5.38 Å². The van der Waals surface area contributed by atoms with Crippen molar-refractivity contribution >= 4 is 23.2 Å². The fourth-order valence-corrected chi connectivity index (χ4v) is 1.77. The zero-order valence-corrected chi connectivity index (χ0v) is 6.78. The Morgan fingerprint density at radius 2 is 2.00 bits per heavy atom. The van der Waals surface area contributed by atoms with Gasteiger partial charge in [-0.1, -0.05) is 23.8 Å². The van der Waals surface area contributed by atoms with E-state index in [2.05, 4.69) is 0 Å². The molecule has 2 aliphatic carbocycles. The van der Waals surface area contributed by atoms with E-state index in [1.54, 1.807) is 0 Å². The molecule has 54 valence electrons. The number of rotatable bonds is 0. The molecule has 3 heteroatoms. The molecule has 0 aromatic heterocycles. The van der Waals surface area contributed by atoms with Crippen molar-refractivity contribution in [3.63, 3.8) is 0 Å². The fourth-order valence-electron chi connectivity index (χ4n) is 1.09. The van der Waals surface area contributed by atoms with E-state index in [9.17, 15) is 0 Å². The third-order valence-electron chi connectivity index (χ3n) is 1.59. The minimum Gasteiger partial charge on any atom is -0.344 e. The number of halogens is 2. The molecule has 0 aliphatic heterocycles. The van der Waals surface area contributed by atoms with Gasteiger partial charge >= 0.3 is 0 Å². The molecule has 2 rings (SSSR count). The number of allylic oxidation sites excluding steroid dienone is 6. The summed E-state index contributed by atoms with van der Waals surface area (Å²) in [5.41, 5.74) is 2.17. The lowest BCUT2D eigenvalue weighted by Gasteiger charge is -1.95. The van der Waals surface area contributed by atoms with Crippen molar-refractivity contribution in [2.75, 3.05) is 0 Å². The zero-order valence-electron chi connectivity index (χ0n) is 5.27. The second kappa shape index (κ2) is 2.42. The van der Waals surface area contributed by atoms with Crippen LogP contribution in [0.1, 0.15) is 0 Å². The smallest absolute Gasteiger partial charge is 0.0850 e. The molecular formula is C7H7Cl2N. The van der Waals surface area contributed by atoms with Gasteiger partial charge in [0, 0.05) is 5.03 Å². The monoisotopic (exact) mass is 175 g/mol. The first-order valence-corrected chi connectivity index (χ1v) is 3.54. The molecule has 0 heterocycles. The van der Waals surface area contributed by atoms with Crippen LogP contribution in [0.5, 0.6) is 0 Å². The first kappa shape index (κ1) is 7.86. The number of hydrogen-bond donors (Lipinski definition) is 1. The molecule has 1 nitrogen and oxygen atoms in total.